The maximum atomic E-state index is 13.4. The van der Waals surface area contributed by atoms with Crippen molar-refractivity contribution in [1.82, 2.24) is 19.2 Å². The number of fused-ring (bicyclic) bond motifs is 1. The maximum absolute atomic E-state index is 13.4. The van der Waals surface area contributed by atoms with Gasteiger partial charge in [0.1, 0.15) is 0 Å². The monoisotopic (exact) mass is 472 g/mol. The Labute approximate surface area is 190 Å². The van der Waals surface area contributed by atoms with Crippen LogP contribution in [0, 0.1) is 0 Å². The molecule has 3 aromatic rings. The largest absolute Gasteiger partial charge is 0.358 e. The Bertz CT molecular complexity index is 1330. The number of para-hydroxylation sites is 1. The summed E-state index contributed by atoms with van der Waals surface area (Å²) in [6.07, 6.45) is 1.68. The van der Waals surface area contributed by atoms with Gasteiger partial charge in [0.15, 0.2) is 5.16 Å². The fourth-order valence-corrected chi connectivity index (χ4v) is 6.24. The zero-order chi connectivity index (χ0) is 22.9. The van der Waals surface area contributed by atoms with Crippen LogP contribution in [-0.4, -0.2) is 53.6 Å². The molecule has 1 N–H and O–H groups in total. The van der Waals surface area contributed by atoms with E-state index in [9.17, 15) is 18.0 Å². The summed E-state index contributed by atoms with van der Waals surface area (Å²) < 4.78 is 29.0. The van der Waals surface area contributed by atoms with Crippen molar-refractivity contribution in [3.63, 3.8) is 0 Å². The van der Waals surface area contributed by atoms with Crippen molar-refractivity contribution in [3.8, 4) is 5.69 Å². The third-order valence-corrected chi connectivity index (χ3v) is 8.37. The number of benzene rings is 2. The van der Waals surface area contributed by atoms with E-state index < -0.39 is 15.3 Å². The average Bonchev–Trinajstić information content (AvgIpc) is 3.35. The van der Waals surface area contributed by atoms with Gasteiger partial charge in [-0.15, -0.1) is 0 Å². The van der Waals surface area contributed by atoms with Gasteiger partial charge in [0.05, 0.1) is 26.7 Å². The smallest absolute Gasteiger partial charge is 0.266 e. The van der Waals surface area contributed by atoms with E-state index in [2.05, 4.69) is 10.3 Å². The van der Waals surface area contributed by atoms with Gasteiger partial charge in [0.2, 0.25) is 15.9 Å². The first-order valence-corrected chi connectivity index (χ1v) is 12.7. The number of hydrogen-bond acceptors (Lipinski definition) is 6. The third kappa shape index (κ3) is 4.17. The van der Waals surface area contributed by atoms with Crippen LogP contribution >= 0.6 is 11.8 Å². The minimum Gasteiger partial charge on any atom is -0.358 e. The van der Waals surface area contributed by atoms with E-state index in [1.54, 1.807) is 50.4 Å². The number of aromatic nitrogens is 2. The molecular weight excluding hydrogens is 448 g/mol. The van der Waals surface area contributed by atoms with Crippen molar-refractivity contribution in [1.29, 1.82) is 0 Å². The Hall–Kier alpha value is -2.69. The molecular formula is C22H24N4O4S2. The zero-order valence-corrected chi connectivity index (χ0v) is 19.4. The van der Waals surface area contributed by atoms with Crippen LogP contribution in [-0.2, 0) is 14.8 Å². The molecule has 1 fully saturated rings. The lowest BCUT2D eigenvalue weighted by atomic mass is 10.2. The average molecular weight is 473 g/mol. The highest BCUT2D eigenvalue weighted by Crippen LogP contribution is 2.27. The molecule has 1 unspecified atom stereocenters. The molecule has 168 valence electrons. The van der Waals surface area contributed by atoms with Crippen molar-refractivity contribution in [2.24, 2.45) is 0 Å². The quantitative estimate of drug-likeness (QED) is 0.437. The van der Waals surface area contributed by atoms with Gasteiger partial charge < -0.3 is 5.32 Å². The number of rotatable bonds is 6. The van der Waals surface area contributed by atoms with E-state index in [0.717, 1.165) is 24.6 Å². The summed E-state index contributed by atoms with van der Waals surface area (Å²) in [7, 11) is -2.10. The first-order valence-electron chi connectivity index (χ1n) is 10.3. The lowest BCUT2D eigenvalue weighted by molar-refractivity contribution is -0.119. The summed E-state index contributed by atoms with van der Waals surface area (Å²) in [6, 6.07) is 13.3. The van der Waals surface area contributed by atoms with Crippen LogP contribution in [0.1, 0.15) is 19.8 Å². The van der Waals surface area contributed by atoms with E-state index in [4.69, 9.17) is 0 Å². The molecule has 2 heterocycles. The Morgan fingerprint density at radius 1 is 1.12 bits per heavy atom. The lowest BCUT2D eigenvalue weighted by Gasteiger charge is -2.18. The van der Waals surface area contributed by atoms with E-state index >= 15 is 0 Å². The first-order chi connectivity index (χ1) is 15.3. The van der Waals surface area contributed by atoms with E-state index in [-0.39, 0.29) is 16.4 Å². The molecule has 0 saturated carbocycles. The molecule has 32 heavy (non-hydrogen) atoms. The van der Waals surface area contributed by atoms with E-state index in [0.29, 0.717) is 34.8 Å². The fraction of sp³-hybridized carbons (Fsp3) is 0.318. The van der Waals surface area contributed by atoms with Crippen molar-refractivity contribution in [2.75, 3.05) is 20.1 Å². The summed E-state index contributed by atoms with van der Waals surface area (Å²) in [5.41, 5.74) is 0.583. The molecule has 1 atom stereocenters. The second-order valence-electron chi connectivity index (χ2n) is 7.53. The molecule has 1 aliphatic rings. The highest BCUT2D eigenvalue weighted by atomic mass is 32.2. The van der Waals surface area contributed by atoms with Crippen LogP contribution in [0.5, 0.6) is 0 Å². The highest BCUT2D eigenvalue weighted by Gasteiger charge is 2.28. The highest BCUT2D eigenvalue weighted by molar-refractivity contribution is 8.00. The molecule has 1 aromatic heterocycles. The van der Waals surface area contributed by atoms with Crippen molar-refractivity contribution >= 4 is 38.6 Å². The van der Waals surface area contributed by atoms with E-state index in [1.807, 2.05) is 0 Å². The molecule has 0 spiro atoms. The van der Waals surface area contributed by atoms with Crippen LogP contribution in [0.4, 0.5) is 0 Å². The number of thioether (sulfide) groups is 1. The van der Waals surface area contributed by atoms with Crippen molar-refractivity contribution < 1.29 is 13.2 Å². The summed E-state index contributed by atoms with van der Waals surface area (Å²) in [5, 5.41) is 2.83. The number of amides is 1. The minimum absolute atomic E-state index is 0.132. The number of sulfonamides is 1. The second-order valence-corrected chi connectivity index (χ2v) is 10.8. The summed E-state index contributed by atoms with van der Waals surface area (Å²) >= 11 is 1.15. The predicted octanol–water partition coefficient (Wildman–Crippen LogP) is 2.40. The molecule has 8 nitrogen and oxygen atoms in total. The minimum atomic E-state index is -3.65. The van der Waals surface area contributed by atoms with Crippen LogP contribution in [0.2, 0.25) is 0 Å². The van der Waals surface area contributed by atoms with Gasteiger partial charge in [-0.3, -0.25) is 14.2 Å². The number of carbonyl (C=O) groups excluding carboxylic acids is 1. The number of nitrogens with zero attached hydrogens (tertiary/aromatic N) is 3. The van der Waals surface area contributed by atoms with Gasteiger partial charge in [-0.25, -0.2) is 13.4 Å². The zero-order valence-electron chi connectivity index (χ0n) is 17.8. The molecule has 1 saturated heterocycles. The molecule has 2 aromatic carbocycles. The summed E-state index contributed by atoms with van der Waals surface area (Å²) in [5.74, 6) is -0.200. The standard InChI is InChI=1S/C22H24N4O4S2/c1-15(20(27)23-2)31-22-24-19-11-4-3-10-18(19)21(28)26(22)16-8-7-9-17(14-16)32(29,30)25-12-5-6-13-25/h3-4,7-11,14-15H,5-6,12-13H2,1-2H3,(H,23,27). The SMILES string of the molecule is CNC(=O)C(C)Sc1nc2ccccc2c(=O)n1-c1cccc(S(=O)(=O)N2CCCC2)c1. The molecule has 1 aliphatic heterocycles. The maximum Gasteiger partial charge on any atom is 0.266 e. The predicted molar refractivity (Wildman–Crippen MR) is 125 cm³/mol. The summed E-state index contributed by atoms with van der Waals surface area (Å²) in [4.78, 5) is 30.3. The lowest BCUT2D eigenvalue weighted by Crippen LogP contribution is -2.29. The molecule has 0 aliphatic carbocycles. The molecule has 0 radical (unpaired) electrons. The van der Waals surface area contributed by atoms with Crippen LogP contribution < -0.4 is 10.9 Å². The van der Waals surface area contributed by atoms with Gasteiger partial charge in [-0.1, -0.05) is 30.0 Å². The van der Waals surface area contributed by atoms with Crippen LogP contribution in [0.3, 0.4) is 0 Å². The van der Waals surface area contributed by atoms with Crippen molar-refractivity contribution in [3.05, 3.63) is 58.9 Å². The van der Waals surface area contributed by atoms with Gasteiger partial charge in [0, 0.05) is 20.1 Å². The Morgan fingerprint density at radius 2 is 1.84 bits per heavy atom. The Morgan fingerprint density at radius 3 is 2.56 bits per heavy atom. The van der Waals surface area contributed by atoms with Gasteiger partial charge in [-0.05, 0) is 50.1 Å². The topological polar surface area (TPSA) is 101 Å². The first kappa shape index (κ1) is 22.5. The normalized spacial score (nSPS) is 15.7. The molecule has 0 bridgehead atoms. The Balaban J connectivity index is 1.88. The molecule has 10 heteroatoms. The van der Waals surface area contributed by atoms with Gasteiger partial charge in [-0.2, -0.15) is 4.31 Å². The van der Waals surface area contributed by atoms with Crippen molar-refractivity contribution in [2.45, 2.75) is 35.1 Å². The second kappa shape index (κ2) is 9.05. The number of nitrogens with one attached hydrogen (secondary N) is 1. The van der Waals surface area contributed by atoms with Crippen LogP contribution in [0.15, 0.2) is 63.4 Å². The summed E-state index contributed by atoms with van der Waals surface area (Å²) in [6.45, 7) is 2.72. The molecule has 1 amide bonds. The Kier molecular flexibility index (Phi) is 6.36. The third-order valence-electron chi connectivity index (χ3n) is 5.42. The number of carbonyl (C=O) groups is 1. The van der Waals surface area contributed by atoms with Crippen LogP contribution in [0.25, 0.3) is 16.6 Å². The van der Waals surface area contributed by atoms with Gasteiger partial charge in [0.25, 0.3) is 5.56 Å². The van der Waals surface area contributed by atoms with Gasteiger partial charge >= 0.3 is 0 Å². The fourth-order valence-electron chi connectivity index (χ4n) is 3.69. The van der Waals surface area contributed by atoms with E-state index in [1.165, 1.54) is 21.0 Å². The number of hydrogen-bond donors (Lipinski definition) is 1. The molecule has 4 rings (SSSR count).